The molecule has 1 aliphatic rings. The fourth-order valence-electron chi connectivity index (χ4n) is 2.62. The van der Waals surface area contributed by atoms with Gasteiger partial charge in [-0.1, -0.05) is 24.9 Å². The van der Waals surface area contributed by atoms with Gasteiger partial charge >= 0.3 is 0 Å². The average Bonchev–Trinajstić information content (AvgIpc) is 2.43. The zero-order valence-electron chi connectivity index (χ0n) is 11.3. The van der Waals surface area contributed by atoms with E-state index in [1.807, 2.05) is 11.8 Å². The molecule has 2 atom stereocenters. The molecule has 2 unspecified atom stereocenters. The molecule has 1 heterocycles. The van der Waals surface area contributed by atoms with E-state index in [0.29, 0.717) is 16.3 Å². The lowest BCUT2D eigenvalue weighted by molar-refractivity contribution is 0.471. The van der Waals surface area contributed by atoms with Gasteiger partial charge in [0.1, 0.15) is 5.82 Å². The van der Waals surface area contributed by atoms with Crippen molar-refractivity contribution < 1.29 is 4.39 Å². The molecular weight excluding hydrogens is 281 g/mol. The zero-order chi connectivity index (χ0) is 13.7. The van der Waals surface area contributed by atoms with E-state index in [4.69, 9.17) is 11.6 Å². The van der Waals surface area contributed by atoms with Crippen LogP contribution in [0.25, 0.3) is 0 Å². The average molecular weight is 302 g/mol. The molecule has 0 saturated carbocycles. The quantitative estimate of drug-likeness (QED) is 0.871. The maximum atomic E-state index is 13.3. The summed E-state index contributed by atoms with van der Waals surface area (Å²) in [4.78, 5) is 0. The number of halogens is 2. The number of hydrogen-bond acceptors (Lipinski definition) is 2. The Morgan fingerprint density at radius 1 is 1.47 bits per heavy atom. The molecule has 1 aromatic rings. The highest BCUT2D eigenvalue weighted by Crippen LogP contribution is 2.30. The van der Waals surface area contributed by atoms with Gasteiger partial charge in [0.15, 0.2) is 0 Å². The Hall–Kier alpha value is -0.250. The molecule has 0 bridgehead atoms. The van der Waals surface area contributed by atoms with Gasteiger partial charge in [-0.3, -0.25) is 0 Å². The topological polar surface area (TPSA) is 12.0 Å². The van der Waals surface area contributed by atoms with Gasteiger partial charge in [0.2, 0.25) is 0 Å². The standard InChI is InChI=1S/C15H21ClFNS/c1-2-18-14(15-5-3-4-8-19-15)10-11-9-12(17)6-7-13(11)16/h6-7,9,14-15,18H,2-5,8,10H2,1H3. The molecule has 0 aliphatic carbocycles. The Balaban J connectivity index is 2.08. The second kappa shape index (κ2) is 7.51. The van der Waals surface area contributed by atoms with Gasteiger partial charge in [-0.15, -0.1) is 0 Å². The van der Waals surface area contributed by atoms with Crippen molar-refractivity contribution in [3.8, 4) is 0 Å². The highest BCUT2D eigenvalue weighted by molar-refractivity contribution is 8.00. The normalized spacial score (nSPS) is 21.3. The Morgan fingerprint density at radius 2 is 2.32 bits per heavy atom. The Bertz CT molecular complexity index is 407. The van der Waals surface area contributed by atoms with Crippen molar-refractivity contribution in [3.05, 3.63) is 34.6 Å². The summed E-state index contributed by atoms with van der Waals surface area (Å²) in [5.41, 5.74) is 0.916. The first-order valence-corrected chi connectivity index (χ1v) is 8.42. The monoisotopic (exact) mass is 301 g/mol. The molecule has 0 aromatic heterocycles. The third-order valence-corrected chi connectivity index (χ3v) is 5.46. The van der Waals surface area contributed by atoms with Gasteiger partial charge < -0.3 is 5.32 Å². The van der Waals surface area contributed by atoms with E-state index in [1.54, 1.807) is 12.1 Å². The number of hydrogen-bond donors (Lipinski definition) is 1. The summed E-state index contributed by atoms with van der Waals surface area (Å²) in [7, 11) is 0. The van der Waals surface area contributed by atoms with Crippen LogP contribution in [0.1, 0.15) is 31.7 Å². The van der Waals surface area contributed by atoms with Gasteiger partial charge in [-0.25, -0.2) is 4.39 Å². The highest BCUT2D eigenvalue weighted by atomic mass is 35.5. The molecule has 0 radical (unpaired) electrons. The van der Waals surface area contributed by atoms with Gasteiger partial charge in [0, 0.05) is 16.3 Å². The second-order valence-corrected chi connectivity index (χ2v) is 6.76. The predicted octanol–water partition coefficient (Wildman–Crippen LogP) is 4.29. The number of likely N-dealkylation sites (N-methyl/N-ethyl adjacent to an activating group) is 1. The lowest BCUT2D eigenvalue weighted by atomic mass is 9.99. The van der Waals surface area contributed by atoms with Crippen LogP contribution >= 0.6 is 23.4 Å². The van der Waals surface area contributed by atoms with Crippen LogP contribution in [0.5, 0.6) is 0 Å². The van der Waals surface area contributed by atoms with E-state index in [-0.39, 0.29) is 5.82 Å². The van der Waals surface area contributed by atoms with Crippen LogP contribution in [0, 0.1) is 5.82 Å². The Morgan fingerprint density at radius 3 is 3.00 bits per heavy atom. The first-order valence-electron chi connectivity index (χ1n) is 6.99. The first-order chi connectivity index (χ1) is 9.20. The molecule has 19 heavy (non-hydrogen) atoms. The molecule has 1 aliphatic heterocycles. The van der Waals surface area contributed by atoms with Crippen molar-refractivity contribution >= 4 is 23.4 Å². The van der Waals surface area contributed by atoms with E-state index >= 15 is 0 Å². The summed E-state index contributed by atoms with van der Waals surface area (Å²) in [6.45, 7) is 3.06. The predicted molar refractivity (Wildman–Crippen MR) is 82.7 cm³/mol. The van der Waals surface area contributed by atoms with Crippen LogP contribution in [0.3, 0.4) is 0 Å². The van der Waals surface area contributed by atoms with Crippen LogP contribution < -0.4 is 5.32 Å². The van der Waals surface area contributed by atoms with Crippen molar-refractivity contribution in [1.29, 1.82) is 0 Å². The number of nitrogens with one attached hydrogen (secondary N) is 1. The van der Waals surface area contributed by atoms with Crippen molar-refractivity contribution in [2.24, 2.45) is 0 Å². The molecular formula is C15H21ClFNS. The molecule has 1 N–H and O–H groups in total. The summed E-state index contributed by atoms with van der Waals surface area (Å²) in [6.07, 6.45) is 4.68. The summed E-state index contributed by atoms with van der Waals surface area (Å²) in [6, 6.07) is 5.03. The first kappa shape index (κ1) is 15.1. The zero-order valence-corrected chi connectivity index (χ0v) is 12.9. The van der Waals surface area contributed by atoms with E-state index in [0.717, 1.165) is 18.5 Å². The van der Waals surface area contributed by atoms with Gasteiger partial charge in [-0.05, 0) is 55.3 Å². The van der Waals surface area contributed by atoms with Crippen molar-refractivity contribution in [3.63, 3.8) is 0 Å². The molecule has 2 rings (SSSR count). The van der Waals surface area contributed by atoms with E-state index in [9.17, 15) is 4.39 Å². The van der Waals surface area contributed by atoms with Crippen molar-refractivity contribution in [1.82, 2.24) is 5.32 Å². The summed E-state index contributed by atoms with van der Waals surface area (Å²) < 4.78 is 13.3. The summed E-state index contributed by atoms with van der Waals surface area (Å²) in [5, 5.41) is 4.84. The van der Waals surface area contributed by atoms with Crippen LogP contribution in [0.4, 0.5) is 4.39 Å². The van der Waals surface area contributed by atoms with Gasteiger partial charge in [-0.2, -0.15) is 11.8 Å². The second-order valence-electron chi connectivity index (χ2n) is 5.01. The number of thioether (sulfide) groups is 1. The fraction of sp³-hybridized carbons (Fsp3) is 0.600. The van der Waals surface area contributed by atoms with Crippen LogP contribution in [0.15, 0.2) is 18.2 Å². The minimum atomic E-state index is -0.203. The minimum Gasteiger partial charge on any atom is -0.313 e. The smallest absolute Gasteiger partial charge is 0.123 e. The van der Waals surface area contributed by atoms with Crippen LogP contribution in [-0.4, -0.2) is 23.6 Å². The van der Waals surface area contributed by atoms with E-state index < -0.39 is 0 Å². The summed E-state index contributed by atoms with van der Waals surface area (Å²) in [5.74, 6) is 1.04. The number of benzene rings is 1. The van der Waals surface area contributed by atoms with Gasteiger partial charge in [0.25, 0.3) is 0 Å². The fourth-order valence-corrected chi connectivity index (χ4v) is 4.24. The Labute approximate surface area is 124 Å². The third-order valence-electron chi connectivity index (χ3n) is 3.58. The molecule has 1 saturated heterocycles. The lowest BCUT2D eigenvalue weighted by Crippen LogP contribution is -2.41. The van der Waals surface area contributed by atoms with Crippen LogP contribution in [-0.2, 0) is 6.42 Å². The molecule has 0 amide bonds. The minimum absolute atomic E-state index is 0.203. The molecule has 1 aromatic carbocycles. The third kappa shape index (κ3) is 4.37. The Kier molecular flexibility index (Phi) is 5.99. The molecule has 1 fully saturated rings. The summed E-state index contributed by atoms with van der Waals surface area (Å²) >= 11 is 8.22. The SMILES string of the molecule is CCNC(Cc1cc(F)ccc1Cl)C1CCCCS1. The highest BCUT2D eigenvalue weighted by Gasteiger charge is 2.24. The molecule has 106 valence electrons. The maximum absolute atomic E-state index is 13.3. The van der Waals surface area contributed by atoms with Crippen molar-refractivity contribution in [2.45, 2.75) is 43.9 Å². The lowest BCUT2D eigenvalue weighted by Gasteiger charge is -2.30. The largest absolute Gasteiger partial charge is 0.313 e. The van der Waals surface area contributed by atoms with Crippen molar-refractivity contribution in [2.75, 3.05) is 12.3 Å². The molecule has 1 nitrogen and oxygen atoms in total. The van der Waals surface area contributed by atoms with Crippen LogP contribution in [0.2, 0.25) is 5.02 Å². The van der Waals surface area contributed by atoms with E-state index in [2.05, 4.69) is 12.2 Å². The molecule has 0 spiro atoms. The molecule has 4 heteroatoms. The number of rotatable bonds is 5. The maximum Gasteiger partial charge on any atom is 0.123 e. The van der Waals surface area contributed by atoms with Gasteiger partial charge in [0.05, 0.1) is 0 Å². The van der Waals surface area contributed by atoms with E-state index in [1.165, 1.54) is 31.1 Å².